The summed E-state index contributed by atoms with van der Waals surface area (Å²) < 4.78 is 29.1. The number of sulfonamides is 1. The highest BCUT2D eigenvalue weighted by atomic mass is 35.5. The molecule has 0 saturated heterocycles. The van der Waals surface area contributed by atoms with Gasteiger partial charge in [-0.05, 0) is 108 Å². The largest absolute Gasteiger partial charge is 0.331 e. The SMILES string of the molecule is O=S(=O)(c1ccc(Cl)cc1)N1C(=S)NC2=C(CCC/C2=C\c2ccc(Cl)cc2)C1c1ccc(Cl)cc1. The van der Waals surface area contributed by atoms with E-state index >= 15 is 0 Å². The summed E-state index contributed by atoms with van der Waals surface area (Å²) in [6.45, 7) is 0. The van der Waals surface area contributed by atoms with Crippen molar-refractivity contribution in [1.29, 1.82) is 0 Å². The molecule has 0 aromatic heterocycles. The molecule has 0 radical (unpaired) electrons. The standard InChI is InChI=1S/C27H21Cl3N2O2S2/c28-20-8-4-17(5-9-20)16-19-2-1-3-24-25(19)31-27(35)32(26(24)18-6-10-21(29)11-7-18)36(33,34)23-14-12-22(30)13-15-23/h4-16,26H,1-3H2,(H,31,35)/b19-16+. The number of benzene rings is 3. The normalized spacial score (nSPS) is 19.3. The van der Waals surface area contributed by atoms with Gasteiger partial charge in [0.2, 0.25) is 0 Å². The molecule has 0 amide bonds. The van der Waals surface area contributed by atoms with Crippen molar-refractivity contribution >= 4 is 68.2 Å². The molecular weight excluding hydrogens is 555 g/mol. The van der Waals surface area contributed by atoms with Crippen LogP contribution in [0.1, 0.15) is 36.4 Å². The smallest absolute Gasteiger partial charge is 0.266 e. The number of hydrogen-bond acceptors (Lipinski definition) is 3. The van der Waals surface area contributed by atoms with Crippen LogP contribution in [-0.4, -0.2) is 17.8 Å². The minimum absolute atomic E-state index is 0.117. The van der Waals surface area contributed by atoms with Crippen LogP contribution in [0.4, 0.5) is 0 Å². The van der Waals surface area contributed by atoms with Gasteiger partial charge >= 0.3 is 0 Å². The van der Waals surface area contributed by atoms with E-state index in [0.717, 1.165) is 47.2 Å². The molecule has 1 N–H and O–H groups in total. The second-order valence-corrected chi connectivity index (χ2v) is 12.1. The fourth-order valence-electron chi connectivity index (χ4n) is 4.63. The molecule has 5 rings (SSSR count). The van der Waals surface area contributed by atoms with E-state index in [0.29, 0.717) is 15.1 Å². The summed E-state index contributed by atoms with van der Waals surface area (Å²) >= 11 is 24.0. The van der Waals surface area contributed by atoms with Crippen molar-refractivity contribution in [1.82, 2.24) is 9.62 Å². The Kier molecular flexibility index (Phi) is 7.16. The molecule has 0 saturated carbocycles. The lowest BCUT2D eigenvalue weighted by Crippen LogP contribution is -2.50. The van der Waals surface area contributed by atoms with E-state index in [1.807, 2.05) is 36.4 Å². The van der Waals surface area contributed by atoms with Crippen LogP contribution in [0.25, 0.3) is 6.08 Å². The van der Waals surface area contributed by atoms with Crippen LogP contribution in [0, 0.1) is 0 Å². The quantitative estimate of drug-likeness (QED) is 0.323. The molecule has 1 aliphatic carbocycles. The van der Waals surface area contributed by atoms with Gasteiger partial charge in [0.15, 0.2) is 5.11 Å². The zero-order chi connectivity index (χ0) is 25.4. The first-order chi connectivity index (χ1) is 17.2. The molecular formula is C27H21Cl3N2O2S2. The molecule has 9 heteroatoms. The van der Waals surface area contributed by atoms with Crippen molar-refractivity contribution in [2.75, 3.05) is 0 Å². The zero-order valence-corrected chi connectivity index (χ0v) is 22.8. The summed E-state index contributed by atoms with van der Waals surface area (Å²) in [7, 11) is -4.00. The van der Waals surface area contributed by atoms with Crippen LogP contribution in [0.15, 0.2) is 94.5 Å². The lowest BCUT2D eigenvalue weighted by Gasteiger charge is -2.42. The Morgan fingerprint density at radius 2 is 1.39 bits per heavy atom. The van der Waals surface area contributed by atoms with E-state index < -0.39 is 16.1 Å². The van der Waals surface area contributed by atoms with Gasteiger partial charge in [-0.1, -0.05) is 59.1 Å². The molecule has 1 heterocycles. The van der Waals surface area contributed by atoms with E-state index in [2.05, 4.69) is 11.4 Å². The van der Waals surface area contributed by atoms with Crippen molar-refractivity contribution in [3.63, 3.8) is 0 Å². The van der Waals surface area contributed by atoms with Crippen molar-refractivity contribution in [2.45, 2.75) is 30.2 Å². The molecule has 184 valence electrons. The van der Waals surface area contributed by atoms with E-state index in [1.54, 1.807) is 24.3 Å². The number of thiocarbonyl (C=S) groups is 1. The van der Waals surface area contributed by atoms with Gasteiger partial charge in [0, 0.05) is 20.8 Å². The lowest BCUT2D eigenvalue weighted by molar-refractivity contribution is 0.439. The summed E-state index contributed by atoms with van der Waals surface area (Å²) in [5, 5.41) is 5.08. The Hall–Kier alpha value is -2.35. The van der Waals surface area contributed by atoms with Crippen LogP contribution in [0.2, 0.25) is 15.1 Å². The van der Waals surface area contributed by atoms with Crippen LogP contribution in [0.3, 0.4) is 0 Å². The third kappa shape index (κ3) is 4.93. The highest BCUT2D eigenvalue weighted by Gasteiger charge is 2.42. The van der Waals surface area contributed by atoms with E-state index in [1.165, 1.54) is 16.4 Å². The summed E-state index contributed by atoms with van der Waals surface area (Å²) in [5.74, 6) is 0. The number of nitrogens with one attached hydrogen (secondary N) is 1. The maximum atomic E-state index is 13.9. The molecule has 0 bridgehead atoms. The third-order valence-corrected chi connectivity index (χ3v) is 9.25. The van der Waals surface area contributed by atoms with Gasteiger partial charge in [0.1, 0.15) is 0 Å². The Balaban J connectivity index is 1.67. The Morgan fingerprint density at radius 3 is 2.00 bits per heavy atom. The van der Waals surface area contributed by atoms with Crippen LogP contribution >= 0.6 is 47.0 Å². The maximum absolute atomic E-state index is 13.9. The fourth-order valence-corrected chi connectivity index (χ4v) is 7.01. The molecule has 4 nitrogen and oxygen atoms in total. The number of allylic oxidation sites excluding steroid dienone is 1. The Bertz CT molecular complexity index is 1480. The number of halogens is 3. The number of nitrogens with zero attached hydrogens (tertiary/aromatic N) is 1. The van der Waals surface area contributed by atoms with E-state index in [-0.39, 0.29) is 10.0 Å². The van der Waals surface area contributed by atoms with E-state index in [4.69, 9.17) is 47.0 Å². The molecule has 1 unspecified atom stereocenters. The van der Waals surface area contributed by atoms with Crippen LogP contribution in [-0.2, 0) is 10.0 Å². The summed E-state index contributed by atoms with van der Waals surface area (Å²) in [6, 6.07) is 20.4. The third-order valence-electron chi connectivity index (χ3n) is 6.30. The minimum atomic E-state index is -4.00. The molecule has 3 aromatic rings. The van der Waals surface area contributed by atoms with Gasteiger partial charge in [-0.3, -0.25) is 0 Å². The summed E-state index contributed by atoms with van der Waals surface area (Å²) in [6.07, 6.45) is 4.55. The number of rotatable bonds is 4. The van der Waals surface area contributed by atoms with Gasteiger partial charge in [-0.2, -0.15) is 0 Å². The predicted octanol–water partition coefficient (Wildman–Crippen LogP) is 7.79. The Morgan fingerprint density at radius 1 is 0.833 bits per heavy atom. The van der Waals surface area contributed by atoms with Gasteiger partial charge in [0.05, 0.1) is 10.9 Å². The fraction of sp³-hybridized carbons (Fsp3) is 0.148. The average Bonchev–Trinajstić information content (AvgIpc) is 2.86. The van der Waals surface area contributed by atoms with Crippen LogP contribution < -0.4 is 5.32 Å². The second kappa shape index (κ2) is 10.2. The molecule has 0 fully saturated rings. The van der Waals surface area contributed by atoms with Crippen molar-refractivity contribution in [3.05, 3.63) is 116 Å². The van der Waals surface area contributed by atoms with Crippen molar-refractivity contribution in [2.24, 2.45) is 0 Å². The average molecular weight is 576 g/mol. The van der Waals surface area contributed by atoms with E-state index in [9.17, 15) is 8.42 Å². The second-order valence-electron chi connectivity index (χ2n) is 8.61. The minimum Gasteiger partial charge on any atom is -0.331 e. The Labute approximate surface area is 231 Å². The lowest BCUT2D eigenvalue weighted by atomic mass is 9.83. The van der Waals surface area contributed by atoms with Gasteiger partial charge in [0.25, 0.3) is 10.0 Å². The van der Waals surface area contributed by atoms with Gasteiger partial charge in [-0.25, -0.2) is 12.7 Å². The molecule has 0 spiro atoms. The molecule has 3 aromatic carbocycles. The van der Waals surface area contributed by atoms with Crippen molar-refractivity contribution in [3.8, 4) is 0 Å². The summed E-state index contributed by atoms with van der Waals surface area (Å²) in [5.41, 5.74) is 4.72. The first kappa shape index (κ1) is 25.3. The topological polar surface area (TPSA) is 49.4 Å². The summed E-state index contributed by atoms with van der Waals surface area (Å²) in [4.78, 5) is 0.117. The maximum Gasteiger partial charge on any atom is 0.266 e. The van der Waals surface area contributed by atoms with Crippen molar-refractivity contribution < 1.29 is 8.42 Å². The van der Waals surface area contributed by atoms with Gasteiger partial charge < -0.3 is 5.32 Å². The molecule has 36 heavy (non-hydrogen) atoms. The highest BCUT2D eigenvalue weighted by Crippen LogP contribution is 2.45. The van der Waals surface area contributed by atoms with Crippen LogP contribution in [0.5, 0.6) is 0 Å². The predicted molar refractivity (Wildman–Crippen MR) is 151 cm³/mol. The molecule has 2 aliphatic rings. The molecule has 1 atom stereocenters. The highest BCUT2D eigenvalue weighted by molar-refractivity contribution is 7.91. The molecule has 1 aliphatic heterocycles. The monoisotopic (exact) mass is 574 g/mol. The zero-order valence-electron chi connectivity index (χ0n) is 18.9. The first-order valence-corrected chi connectivity index (χ1v) is 14.3. The number of hydrogen-bond donors (Lipinski definition) is 1. The van der Waals surface area contributed by atoms with Gasteiger partial charge in [-0.15, -0.1) is 0 Å². The first-order valence-electron chi connectivity index (χ1n) is 11.3.